The lowest BCUT2D eigenvalue weighted by Crippen LogP contribution is -2.01. The van der Waals surface area contributed by atoms with Crippen molar-refractivity contribution < 1.29 is 14.6 Å². The fourth-order valence-corrected chi connectivity index (χ4v) is 2.23. The van der Waals surface area contributed by atoms with E-state index >= 15 is 0 Å². The van der Waals surface area contributed by atoms with Crippen LogP contribution in [0.15, 0.2) is 24.0 Å². The number of rotatable bonds is 15. The summed E-state index contributed by atoms with van der Waals surface area (Å²) in [5.74, 6) is 0.228. The van der Waals surface area contributed by atoms with Crippen molar-refractivity contribution in [2.24, 2.45) is 0 Å². The molecule has 0 radical (unpaired) electrons. The van der Waals surface area contributed by atoms with E-state index in [1.807, 2.05) is 6.08 Å². The van der Waals surface area contributed by atoms with Crippen molar-refractivity contribution in [1.82, 2.24) is 0 Å². The van der Waals surface area contributed by atoms with Crippen LogP contribution in [-0.2, 0) is 14.6 Å². The highest BCUT2D eigenvalue weighted by atomic mass is 17.2. The Bertz CT molecular complexity index is 319. The first-order valence-electron chi connectivity index (χ1n) is 8.79. The predicted octanol–water partition coefficient (Wildman–Crippen LogP) is 5.90. The van der Waals surface area contributed by atoms with E-state index in [1.54, 1.807) is 0 Å². The molecular weight excluding hydrogens is 276 g/mol. The van der Waals surface area contributed by atoms with Crippen LogP contribution in [0.4, 0.5) is 0 Å². The maximum atomic E-state index is 11.2. The lowest BCUT2D eigenvalue weighted by atomic mass is 10.1. The summed E-state index contributed by atoms with van der Waals surface area (Å²) >= 11 is 0. The topological polar surface area (TPSA) is 35.5 Å². The fourth-order valence-electron chi connectivity index (χ4n) is 2.23. The summed E-state index contributed by atoms with van der Waals surface area (Å²) in [5, 5.41) is 0. The number of unbranched alkanes of at least 4 members (excludes halogenated alkanes) is 9. The van der Waals surface area contributed by atoms with Gasteiger partial charge in [0.25, 0.3) is 0 Å². The second-order valence-electron chi connectivity index (χ2n) is 5.69. The van der Waals surface area contributed by atoms with Crippen LogP contribution in [0.25, 0.3) is 0 Å². The largest absolute Gasteiger partial charge is 0.334 e. The Labute approximate surface area is 136 Å². The van der Waals surface area contributed by atoms with Gasteiger partial charge < -0.3 is 4.89 Å². The van der Waals surface area contributed by atoms with Crippen molar-refractivity contribution >= 4 is 5.78 Å². The van der Waals surface area contributed by atoms with E-state index in [9.17, 15) is 4.79 Å². The smallest absolute Gasteiger partial charge is 0.203 e. The van der Waals surface area contributed by atoms with Crippen molar-refractivity contribution in [3.63, 3.8) is 0 Å². The van der Waals surface area contributed by atoms with Crippen molar-refractivity contribution in [3.05, 3.63) is 24.0 Å². The molecule has 0 aliphatic carbocycles. The SMILES string of the molecule is CCCC/C=C/CCCCCCCC/C=C(\OOC)C(C)=O. The van der Waals surface area contributed by atoms with Gasteiger partial charge in [0.1, 0.15) is 0 Å². The molecule has 0 heterocycles. The van der Waals surface area contributed by atoms with Crippen molar-refractivity contribution in [2.45, 2.75) is 84.5 Å². The van der Waals surface area contributed by atoms with Gasteiger partial charge in [-0.2, -0.15) is 4.89 Å². The van der Waals surface area contributed by atoms with Crippen LogP contribution in [0.2, 0.25) is 0 Å². The first kappa shape index (κ1) is 20.9. The highest BCUT2D eigenvalue weighted by molar-refractivity contribution is 5.90. The molecule has 0 atom stereocenters. The monoisotopic (exact) mass is 310 g/mol. The number of Topliss-reactive ketones (excluding diaryl/α,β-unsaturated/α-hetero) is 1. The maximum absolute atomic E-state index is 11.2. The molecule has 0 saturated heterocycles. The summed E-state index contributed by atoms with van der Waals surface area (Å²) in [4.78, 5) is 20.6. The number of hydrogen-bond acceptors (Lipinski definition) is 3. The zero-order chi connectivity index (χ0) is 16.5. The van der Waals surface area contributed by atoms with Crippen LogP contribution < -0.4 is 0 Å². The van der Waals surface area contributed by atoms with Gasteiger partial charge in [0.15, 0.2) is 5.78 Å². The van der Waals surface area contributed by atoms with E-state index in [0.29, 0.717) is 5.76 Å². The standard InChI is InChI=1S/C19H34O3/c1-4-5-6-7-8-9-10-11-12-13-14-15-16-17-19(18(2)20)22-21-3/h7-8,17H,4-6,9-16H2,1-3H3/b8-7+,19-17-. The minimum Gasteiger partial charge on any atom is -0.334 e. The Morgan fingerprint density at radius 3 is 1.95 bits per heavy atom. The average molecular weight is 310 g/mol. The molecule has 0 bridgehead atoms. The molecule has 0 saturated carbocycles. The molecule has 3 nitrogen and oxygen atoms in total. The summed E-state index contributed by atoms with van der Waals surface area (Å²) in [6.07, 6.45) is 19.9. The van der Waals surface area contributed by atoms with Crippen molar-refractivity contribution in [2.75, 3.05) is 7.11 Å². The van der Waals surface area contributed by atoms with Crippen LogP contribution in [0.1, 0.15) is 84.5 Å². The van der Waals surface area contributed by atoms with Crippen LogP contribution in [0.3, 0.4) is 0 Å². The Morgan fingerprint density at radius 2 is 1.41 bits per heavy atom. The van der Waals surface area contributed by atoms with Crippen molar-refractivity contribution in [3.8, 4) is 0 Å². The Balaban J connectivity index is 3.41. The maximum Gasteiger partial charge on any atom is 0.203 e. The van der Waals surface area contributed by atoms with Gasteiger partial charge in [-0.1, -0.05) is 57.6 Å². The van der Waals surface area contributed by atoms with E-state index in [4.69, 9.17) is 4.89 Å². The Hall–Kier alpha value is -1.09. The first-order valence-corrected chi connectivity index (χ1v) is 8.79. The lowest BCUT2D eigenvalue weighted by molar-refractivity contribution is -0.236. The molecule has 0 aliphatic rings. The number of hydrogen-bond donors (Lipinski definition) is 0. The molecule has 22 heavy (non-hydrogen) atoms. The van der Waals surface area contributed by atoms with Crippen molar-refractivity contribution in [1.29, 1.82) is 0 Å². The second kappa shape index (κ2) is 16.3. The van der Waals surface area contributed by atoms with Crippen LogP contribution in [0.5, 0.6) is 0 Å². The van der Waals surface area contributed by atoms with Crippen LogP contribution in [-0.4, -0.2) is 12.9 Å². The van der Waals surface area contributed by atoms with Gasteiger partial charge in [-0.25, -0.2) is 0 Å². The van der Waals surface area contributed by atoms with Crippen LogP contribution in [0, 0.1) is 0 Å². The molecule has 0 spiro atoms. The zero-order valence-corrected chi connectivity index (χ0v) is 14.7. The third-order valence-electron chi connectivity index (χ3n) is 3.57. The quantitative estimate of drug-likeness (QED) is 0.0942. The molecule has 3 heteroatoms. The third-order valence-corrected chi connectivity index (χ3v) is 3.57. The minimum atomic E-state index is -0.0890. The molecule has 0 amide bonds. The number of carbonyl (C=O) groups excluding carboxylic acids is 1. The number of carbonyl (C=O) groups is 1. The summed E-state index contributed by atoms with van der Waals surface area (Å²) in [5.41, 5.74) is 0. The minimum absolute atomic E-state index is 0.0890. The summed E-state index contributed by atoms with van der Waals surface area (Å²) < 4.78 is 0. The summed E-state index contributed by atoms with van der Waals surface area (Å²) in [6, 6.07) is 0. The van der Waals surface area contributed by atoms with Gasteiger partial charge in [0.2, 0.25) is 5.76 Å². The molecule has 0 fully saturated rings. The molecule has 0 rings (SSSR count). The number of allylic oxidation sites excluding steroid dienone is 4. The predicted molar refractivity (Wildman–Crippen MR) is 92.5 cm³/mol. The van der Waals surface area contributed by atoms with E-state index in [2.05, 4.69) is 24.0 Å². The van der Waals surface area contributed by atoms with Gasteiger partial charge in [0, 0.05) is 6.92 Å². The van der Waals surface area contributed by atoms with Gasteiger partial charge >= 0.3 is 0 Å². The van der Waals surface area contributed by atoms with E-state index in [1.165, 1.54) is 71.8 Å². The molecule has 0 unspecified atom stereocenters. The second-order valence-corrected chi connectivity index (χ2v) is 5.69. The highest BCUT2D eigenvalue weighted by Gasteiger charge is 2.04. The Morgan fingerprint density at radius 1 is 0.864 bits per heavy atom. The molecule has 128 valence electrons. The highest BCUT2D eigenvalue weighted by Crippen LogP contribution is 2.11. The fraction of sp³-hybridized carbons (Fsp3) is 0.737. The zero-order valence-electron chi connectivity index (χ0n) is 14.7. The molecular formula is C19H34O3. The molecule has 0 aliphatic heterocycles. The van der Waals surface area contributed by atoms with E-state index in [0.717, 1.165) is 12.8 Å². The summed E-state index contributed by atoms with van der Waals surface area (Å²) in [7, 11) is 1.41. The lowest BCUT2D eigenvalue weighted by Gasteiger charge is -2.03. The van der Waals surface area contributed by atoms with Gasteiger partial charge in [-0.05, 0) is 38.2 Å². The van der Waals surface area contributed by atoms with Gasteiger partial charge in [-0.15, -0.1) is 0 Å². The van der Waals surface area contributed by atoms with Gasteiger partial charge in [0.05, 0.1) is 7.11 Å². The van der Waals surface area contributed by atoms with E-state index in [-0.39, 0.29) is 5.78 Å². The summed E-state index contributed by atoms with van der Waals surface area (Å²) in [6.45, 7) is 3.72. The molecule has 0 N–H and O–H groups in total. The normalized spacial score (nSPS) is 12.0. The van der Waals surface area contributed by atoms with E-state index < -0.39 is 0 Å². The average Bonchev–Trinajstić information content (AvgIpc) is 2.50. The van der Waals surface area contributed by atoms with Gasteiger partial charge in [-0.3, -0.25) is 4.79 Å². The van der Waals surface area contributed by atoms with Crippen LogP contribution >= 0.6 is 0 Å². The molecule has 0 aromatic carbocycles. The first-order chi connectivity index (χ1) is 10.7. The molecule has 0 aromatic heterocycles. The number of ketones is 1. The third kappa shape index (κ3) is 13.9. The molecule has 0 aromatic rings. The Kier molecular flexibility index (Phi) is 15.5.